The predicted molar refractivity (Wildman–Crippen MR) is 106 cm³/mol. The summed E-state index contributed by atoms with van der Waals surface area (Å²) in [5, 5.41) is 4.05. The number of H-pyrrole nitrogens is 2. The van der Waals surface area contributed by atoms with Gasteiger partial charge in [0.2, 0.25) is 0 Å². The highest BCUT2D eigenvalue weighted by atomic mass is 16.2. The molecule has 140 valence electrons. The Hall–Kier alpha value is -3.74. The molecule has 0 fully saturated rings. The number of para-hydroxylation sites is 1. The van der Waals surface area contributed by atoms with Crippen LogP contribution in [-0.2, 0) is 6.42 Å². The van der Waals surface area contributed by atoms with Gasteiger partial charge in [0.25, 0.3) is 11.5 Å². The molecular formula is C21H19N5O2. The molecule has 1 amide bonds. The Morgan fingerprint density at radius 3 is 2.79 bits per heavy atom. The van der Waals surface area contributed by atoms with Gasteiger partial charge in [0.05, 0.1) is 11.7 Å². The average molecular weight is 373 g/mol. The first-order chi connectivity index (χ1) is 13.6. The van der Waals surface area contributed by atoms with Gasteiger partial charge in [-0.2, -0.15) is 0 Å². The van der Waals surface area contributed by atoms with Gasteiger partial charge in [0.1, 0.15) is 11.5 Å². The fraction of sp³-hybridized carbons (Fsp3) is 0.143. The lowest BCUT2D eigenvalue weighted by atomic mass is 10.0. The highest BCUT2D eigenvalue weighted by molar-refractivity contribution is 5.92. The number of rotatable bonds is 5. The van der Waals surface area contributed by atoms with Crippen molar-refractivity contribution < 1.29 is 4.79 Å². The molecule has 7 heteroatoms. The summed E-state index contributed by atoms with van der Waals surface area (Å²) >= 11 is 0. The van der Waals surface area contributed by atoms with Gasteiger partial charge < -0.3 is 15.3 Å². The first-order valence-corrected chi connectivity index (χ1v) is 8.95. The number of fused-ring (bicyclic) bond motifs is 1. The summed E-state index contributed by atoms with van der Waals surface area (Å²) in [6, 6.07) is 14.1. The maximum atomic E-state index is 12.7. The lowest BCUT2D eigenvalue weighted by Crippen LogP contribution is -2.32. The number of carbonyl (C=O) groups excluding carboxylic acids is 1. The van der Waals surface area contributed by atoms with Crippen LogP contribution in [0.15, 0.2) is 65.7 Å². The van der Waals surface area contributed by atoms with E-state index in [1.165, 1.54) is 6.07 Å². The van der Waals surface area contributed by atoms with E-state index in [0.717, 1.165) is 16.5 Å². The molecule has 4 aromatic rings. The molecule has 0 aliphatic rings. The van der Waals surface area contributed by atoms with E-state index >= 15 is 0 Å². The minimum absolute atomic E-state index is 0.251. The van der Waals surface area contributed by atoms with Gasteiger partial charge in [0, 0.05) is 35.8 Å². The first kappa shape index (κ1) is 17.7. The molecule has 28 heavy (non-hydrogen) atoms. The topological polar surface area (TPSA) is 104 Å². The summed E-state index contributed by atoms with van der Waals surface area (Å²) in [4.78, 5) is 39.1. The molecule has 7 nitrogen and oxygen atoms in total. The van der Waals surface area contributed by atoms with Gasteiger partial charge in [-0.15, -0.1) is 0 Å². The monoisotopic (exact) mass is 373 g/mol. The van der Waals surface area contributed by atoms with Gasteiger partial charge in [0.15, 0.2) is 0 Å². The van der Waals surface area contributed by atoms with Gasteiger partial charge >= 0.3 is 0 Å². The van der Waals surface area contributed by atoms with E-state index in [2.05, 4.69) is 25.3 Å². The van der Waals surface area contributed by atoms with Crippen molar-refractivity contribution in [1.82, 2.24) is 25.3 Å². The third-order valence-corrected chi connectivity index (χ3v) is 4.54. The van der Waals surface area contributed by atoms with E-state index in [4.69, 9.17) is 0 Å². The summed E-state index contributed by atoms with van der Waals surface area (Å²) in [6.45, 7) is 1.72. The zero-order chi connectivity index (χ0) is 19.5. The second-order valence-corrected chi connectivity index (χ2v) is 6.56. The fourth-order valence-electron chi connectivity index (χ4n) is 3.26. The van der Waals surface area contributed by atoms with Crippen LogP contribution >= 0.6 is 0 Å². The number of aryl methyl sites for hydroxylation is 1. The fourth-order valence-corrected chi connectivity index (χ4v) is 3.26. The SMILES string of the molecule is Cc1nc([C@H](Cc2c[nH]c3ccccc23)NC(=O)c2ccccn2)cc(=O)[nH]1. The van der Waals surface area contributed by atoms with Crippen molar-refractivity contribution in [3.63, 3.8) is 0 Å². The van der Waals surface area contributed by atoms with Gasteiger partial charge in [-0.05, 0) is 30.7 Å². The van der Waals surface area contributed by atoms with Crippen LogP contribution in [0.4, 0.5) is 0 Å². The molecule has 0 saturated carbocycles. The smallest absolute Gasteiger partial charge is 0.270 e. The molecule has 0 unspecified atom stereocenters. The van der Waals surface area contributed by atoms with E-state index in [1.807, 2.05) is 30.5 Å². The molecule has 0 aliphatic heterocycles. The van der Waals surface area contributed by atoms with Gasteiger partial charge in [-0.25, -0.2) is 4.98 Å². The molecule has 3 heterocycles. The summed E-state index contributed by atoms with van der Waals surface area (Å²) in [7, 11) is 0. The highest BCUT2D eigenvalue weighted by Crippen LogP contribution is 2.23. The van der Waals surface area contributed by atoms with Crippen molar-refractivity contribution in [2.75, 3.05) is 0 Å². The van der Waals surface area contributed by atoms with Crippen molar-refractivity contribution >= 4 is 16.8 Å². The third kappa shape index (κ3) is 3.68. The molecule has 0 spiro atoms. The minimum atomic E-state index is -0.477. The second kappa shape index (κ2) is 7.48. The number of hydrogen-bond acceptors (Lipinski definition) is 4. The number of nitrogens with one attached hydrogen (secondary N) is 3. The van der Waals surface area contributed by atoms with Crippen molar-refractivity contribution in [3.8, 4) is 0 Å². The molecule has 0 aliphatic carbocycles. The van der Waals surface area contributed by atoms with Crippen LogP contribution in [-0.4, -0.2) is 25.8 Å². The average Bonchev–Trinajstić information content (AvgIpc) is 3.10. The molecule has 0 bridgehead atoms. The van der Waals surface area contributed by atoms with Crippen LogP contribution in [0.3, 0.4) is 0 Å². The number of aromatic nitrogens is 4. The van der Waals surface area contributed by atoms with E-state index in [1.54, 1.807) is 31.3 Å². The van der Waals surface area contributed by atoms with Crippen molar-refractivity contribution in [2.24, 2.45) is 0 Å². The van der Waals surface area contributed by atoms with Crippen molar-refractivity contribution in [2.45, 2.75) is 19.4 Å². The Labute approximate surface area is 160 Å². The van der Waals surface area contributed by atoms with Crippen molar-refractivity contribution in [3.05, 3.63) is 94.1 Å². The maximum Gasteiger partial charge on any atom is 0.270 e. The minimum Gasteiger partial charge on any atom is -0.361 e. The van der Waals surface area contributed by atoms with Crippen LogP contribution in [0.5, 0.6) is 0 Å². The first-order valence-electron chi connectivity index (χ1n) is 8.95. The molecule has 0 saturated heterocycles. The van der Waals surface area contributed by atoms with Crippen LogP contribution < -0.4 is 10.9 Å². The van der Waals surface area contributed by atoms with Gasteiger partial charge in [-0.3, -0.25) is 14.6 Å². The summed E-state index contributed by atoms with van der Waals surface area (Å²) in [5.74, 6) is 0.184. The number of aromatic amines is 2. The molecule has 1 atom stereocenters. The van der Waals surface area contributed by atoms with Crippen LogP contribution in [0.2, 0.25) is 0 Å². The van der Waals surface area contributed by atoms with Crippen LogP contribution in [0.25, 0.3) is 10.9 Å². The van der Waals surface area contributed by atoms with E-state index < -0.39 is 6.04 Å². The maximum absolute atomic E-state index is 12.7. The molecule has 0 radical (unpaired) electrons. The third-order valence-electron chi connectivity index (χ3n) is 4.54. The van der Waals surface area contributed by atoms with E-state index in [9.17, 15) is 9.59 Å². The van der Waals surface area contributed by atoms with E-state index in [0.29, 0.717) is 23.6 Å². The zero-order valence-electron chi connectivity index (χ0n) is 15.3. The largest absolute Gasteiger partial charge is 0.361 e. The highest BCUT2D eigenvalue weighted by Gasteiger charge is 2.20. The van der Waals surface area contributed by atoms with Gasteiger partial charge in [-0.1, -0.05) is 24.3 Å². The van der Waals surface area contributed by atoms with Crippen LogP contribution in [0.1, 0.15) is 33.6 Å². The van der Waals surface area contributed by atoms with Crippen molar-refractivity contribution in [1.29, 1.82) is 0 Å². The zero-order valence-corrected chi connectivity index (χ0v) is 15.3. The summed E-state index contributed by atoms with van der Waals surface area (Å²) in [6.07, 6.45) is 3.97. The van der Waals surface area contributed by atoms with E-state index in [-0.39, 0.29) is 11.5 Å². The number of benzene rings is 1. The summed E-state index contributed by atoms with van der Waals surface area (Å²) in [5.41, 5.74) is 2.62. The Morgan fingerprint density at radius 1 is 1.18 bits per heavy atom. The summed E-state index contributed by atoms with van der Waals surface area (Å²) < 4.78 is 0. The predicted octanol–water partition coefficient (Wildman–Crippen LogP) is 2.67. The number of pyridine rings is 1. The number of amides is 1. The Morgan fingerprint density at radius 2 is 2.00 bits per heavy atom. The van der Waals surface area contributed by atoms with Crippen LogP contribution in [0, 0.1) is 6.92 Å². The molecule has 3 N–H and O–H groups in total. The standard InChI is InChI=1S/C21H19N5O2/c1-13-24-19(11-20(27)25-13)18(26-21(28)17-8-4-5-9-22-17)10-14-12-23-16-7-3-2-6-15(14)16/h2-9,11-12,18,23H,10H2,1H3,(H,26,28)(H,24,25,27)/t18-/m0/s1. The Balaban J connectivity index is 1.70. The molecule has 1 aromatic carbocycles. The molecular weight excluding hydrogens is 354 g/mol. The number of hydrogen-bond donors (Lipinski definition) is 3. The lowest BCUT2D eigenvalue weighted by Gasteiger charge is -2.18. The Bertz CT molecular complexity index is 1180. The second-order valence-electron chi connectivity index (χ2n) is 6.56. The quantitative estimate of drug-likeness (QED) is 0.500. The lowest BCUT2D eigenvalue weighted by molar-refractivity contribution is 0.0930. The normalized spacial score (nSPS) is 12.0. The Kier molecular flexibility index (Phi) is 4.72. The molecule has 4 rings (SSSR count). The number of carbonyl (C=O) groups is 1. The number of nitrogens with zero attached hydrogens (tertiary/aromatic N) is 2. The molecule has 3 aromatic heterocycles.